The maximum absolute atomic E-state index is 13.5. The van der Waals surface area contributed by atoms with E-state index >= 15 is 0 Å². The molecule has 0 fully saturated rings. The van der Waals surface area contributed by atoms with Gasteiger partial charge in [-0.05, 0) is 31.4 Å². The SMILES string of the molecule is CCC(CCN)CCC(=O)N(C)Cc1ccccc1F. The van der Waals surface area contributed by atoms with E-state index in [4.69, 9.17) is 5.73 Å². The molecule has 1 atom stereocenters. The van der Waals surface area contributed by atoms with Crippen molar-refractivity contribution in [2.24, 2.45) is 11.7 Å². The first-order valence-electron chi connectivity index (χ1n) is 7.25. The van der Waals surface area contributed by atoms with Crippen molar-refractivity contribution in [3.63, 3.8) is 0 Å². The van der Waals surface area contributed by atoms with Gasteiger partial charge in [-0.2, -0.15) is 0 Å². The molecule has 3 nitrogen and oxygen atoms in total. The summed E-state index contributed by atoms with van der Waals surface area (Å²) in [5.41, 5.74) is 6.11. The summed E-state index contributed by atoms with van der Waals surface area (Å²) >= 11 is 0. The molecule has 0 saturated carbocycles. The molecule has 0 bridgehead atoms. The summed E-state index contributed by atoms with van der Waals surface area (Å²) in [6, 6.07) is 6.56. The van der Waals surface area contributed by atoms with Gasteiger partial charge in [-0.25, -0.2) is 4.39 Å². The Hall–Kier alpha value is -1.42. The van der Waals surface area contributed by atoms with Crippen LogP contribution in [0.4, 0.5) is 4.39 Å². The number of carbonyl (C=O) groups is 1. The summed E-state index contributed by atoms with van der Waals surface area (Å²) in [4.78, 5) is 13.6. The lowest BCUT2D eigenvalue weighted by atomic mass is 9.96. The van der Waals surface area contributed by atoms with Crippen LogP contribution in [0.5, 0.6) is 0 Å². The molecule has 20 heavy (non-hydrogen) atoms. The Labute approximate surface area is 121 Å². The van der Waals surface area contributed by atoms with Crippen LogP contribution in [0.1, 0.15) is 38.2 Å². The lowest BCUT2D eigenvalue weighted by molar-refractivity contribution is -0.130. The minimum Gasteiger partial charge on any atom is -0.341 e. The van der Waals surface area contributed by atoms with Crippen LogP contribution in [0, 0.1) is 11.7 Å². The van der Waals surface area contributed by atoms with Gasteiger partial charge in [0.1, 0.15) is 5.82 Å². The van der Waals surface area contributed by atoms with Crippen molar-refractivity contribution in [3.8, 4) is 0 Å². The molecule has 0 spiro atoms. The molecule has 1 aromatic rings. The number of nitrogens with two attached hydrogens (primary N) is 1. The van der Waals surface area contributed by atoms with Crippen molar-refractivity contribution < 1.29 is 9.18 Å². The number of carbonyl (C=O) groups excluding carboxylic acids is 1. The highest BCUT2D eigenvalue weighted by molar-refractivity contribution is 5.75. The molecule has 0 aliphatic heterocycles. The third kappa shape index (κ3) is 5.29. The van der Waals surface area contributed by atoms with E-state index in [2.05, 4.69) is 6.92 Å². The lowest BCUT2D eigenvalue weighted by Gasteiger charge is -2.19. The second-order valence-electron chi connectivity index (χ2n) is 5.23. The highest BCUT2D eigenvalue weighted by atomic mass is 19.1. The quantitative estimate of drug-likeness (QED) is 0.796. The molecule has 1 unspecified atom stereocenters. The van der Waals surface area contributed by atoms with E-state index in [1.54, 1.807) is 30.1 Å². The monoisotopic (exact) mass is 280 g/mol. The Morgan fingerprint density at radius 1 is 1.35 bits per heavy atom. The summed E-state index contributed by atoms with van der Waals surface area (Å²) in [7, 11) is 1.72. The highest BCUT2D eigenvalue weighted by Crippen LogP contribution is 2.16. The molecule has 0 aromatic heterocycles. The highest BCUT2D eigenvalue weighted by Gasteiger charge is 2.14. The summed E-state index contributed by atoms with van der Waals surface area (Å²) in [5, 5.41) is 0. The smallest absolute Gasteiger partial charge is 0.222 e. The van der Waals surface area contributed by atoms with Crippen LogP contribution in [0.3, 0.4) is 0 Å². The molecule has 0 radical (unpaired) electrons. The number of rotatable bonds is 8. The summed E-state index contributed by atoms with van der Waals surface area (Å²) in [5.74, 6) is 0.302. The van der Waals surface area contributed by atoms with Crippen molar-refractivity contribution in [1.82, 2.24) is 4.90 Å². The van der Waals surface area contributed by atoms with Crippen molar-refractivity contribution in [2.45, 2.75) is 39.2 Å². The molecule has 0 aliphatic carbocycles. The predicted octanol–water partition coefficient (Wildman–Crippen LogP) is 2.94. The largest absolute Gasteiger partial charge is 0.341 e. The second kappa shape index (κ2) is 8.69. The van der Waals surface area contributed by atoms with Gasteiger partial charge in [-0.1, -0.05) is 31.5 Å². The maximum atomic E-state index is 13.5. The summed E-state index contributed by atoms with van der Waals surface area (Å²) < 4.78 is 13.5. The molecule has 0 heterocycles. The first-order chi connectivity index (χ1) is 9.58. The van der Waals surface area contributed by atoms with Crippen LogP contribution in [0.2, 0.25) is 0 Å². The van der Waals surface area contributed by atoms with Crippen LogP contribution < -0.4 is 5.73 Å². The number of hydrogen-bond acceptors (Lipinski definition) is 2. The summed E-state index contributed by atoms with van der Waals surface area (Å²) in [6.07, 6.45) is 3.36. The van der Waals surface area contributed by atoms with Crippen LogP contribution in [-0.4, -0.2) is 24.4 Å². The molecule has 0 aliphatic rings. The molecular formula is C16H25FN2O. The molecule has 1 amide bonds. The van der Waals surface area contributed by atoms with E-state index in [1.807, 2.05) is 0 Å². The van der Waals surface area contributed by atoms with E-state index in [0.29, 0.717) is 31.0 Å². The van der Waals surface area contributed by atoms with E-state index < -0.39 is 0 Å². The first kappa shape index (κ1) is 16.6. The zero-order chi connectivity index (χ0) is 15.0. The van der Waals surface area contributed by atoms with E-state index in [1.165, 1.54) is 6.07 Å². The molecule has 1 aromatic carbocycles. The Morgan fingerprint density at radius 2 is 2.05 bits per heavy atom. The van der Waals surface area contributed by atoms with Crippen LogP contribution in [-0.2, 0) is 11.3 Å². The third-order valence-electron chi connectivity index (χ3n) is 3.71. The zero-order valence-corrected chi connectivity index (χ0v) is 12.4. The van der Waals surface area contributed by atoms with Crippen molar-refractivity contribution in [3.05, 3.63) is 35.6 Å². The minimum atomic E-state index is -0.262. The van der Waals surface area contributed by atoms with E-state index in [9.17, 15) is 9.18 Å². The van der Waals surface area contributed by atoms with Gasteiger partial charge in [-0.15, -0.1) is 0 Å². The van der Waals surface area contributed by atoms with Crippen LogP contribution >= 0.6 is 0 Å². The molecular weight excluding hydrogens is 255 g/mol. The average Bonchev–Trinajstić information content (AvgIpc) is 2.45. The van der Waals surface area contributed by atoms with Gasteiger partial charge in [0, 0.05) is 25.6 Å². The normalized spacial score (nSPS) is 12.2. The Morgan fingerprint density at radius 3 is 2.65 bits per heavy atom. The number of halogens is 1. The van der Waals surface area contributed by atoms with Crippen molar-refractivity contribution in [2.75, 3.05) is 13.6 Å². The van der Waals surface area contributed by atoms with E-state index in [-0.39, 0.29) is 11.7 Å². The fourth-order valence-electron chi connectivity index (χ4n) is 2.28. The van der Waals surface area contributed by atoms with E-state index in [0.717, 1.165) is 19.3 Å². The molecule has 2 N–H and O–H groups in total. The van der Waals surface area contributed by atoms with Gasteiger partial charge in [0.05, 0.1) is 0 Å². The molecule has 0 saturated heterocycles. The molecule has 4 heteroatoms. The molecule has 112 valence electrons. The fraction of sp³-hybridized carbons (Fsp3) is 0.562. The Balaban J connectivity index is 2.45. The number of benzene rings is 1. The average molecular weight is 280 g/mol. The number of nitrogens with zero attached hydrogens (tertiary/aromatic N) is 1. The minimum absolute atomic E-state index is 0.0590. The van der Waals surface area contributed by atoms with Crippen LogP contribution in [0.15, 0.2) is 24.3 Å². The van der Waals surface area contributed by atoms with Gasteiger partial charge in [0.2, 0.25) is 5.91 Å². The fourth-order valence-corrected chi connectivity index (χ4v) is 2.28. The number of amides is 1. The second-order valence-corrected chi connectivity index (χ2v) is 5.23. The van der Waals surface area contributed by atoms with Crippen LogP contribution in [0.25, 0.3) is 0 Å². The predicted molar refractivity (Wildman–Crippen MR) is 79.6 cm³/mol. The van der Waals surface area contributed by atoms with Gasteiger partial charge in [-0.3, -0.25) is 4.79 Å². The van der Waals surface area contributed by atoms with Gasteiger partial charge in [0.15, 0.2) is 0 Å². The number of hydrogen-bond donors (Lipinski definition) is 1. The van der Waals surface area contributed by atoms with Crippen molar-refractivity contribution in [1.29, 1.82) is 0 Å². The van der Waals surface area contributed by atoms with Gasteiger partial charge >= 0.3 is 0 Å². The zero-order valence-electron chi connectivity index (χ0n) is 12.4. The summed E-state index contributed by atoms with van der Waals surface area (Å²) in [6.45, 7) is 3.10. The topological polar surface area (TPSA) is 46.3 Å². The Kier molecular flexibility index (Phi) is 7.23. The van der Waals surface area contributed by atoms with Gasteiger partial charge in [0.25, 0.3) is 0 Å². The third-order valence-corrected chi connectivity index (χ3v) is 3.71. The van der Waals surface area contributed by atoms with Gasteiger partial charge < -0.3 is 10.6 Å². The van der Waals surface area contributed by atoms with Crippen molar-refractivity contribution >= 4 is 5.91 Å². The lowest BCUT2D eigenvalue weighted by Crippen LogP contribution is -2.27. The molecule has 1 rings (SSSR count). The maximum Gasteiger partial charge on any atom is 0.222 e. The standard InChI is InChI=1S/C16H25FN2O/c1-3-13(10-11-18)8-9-16(20)19(2)12-14-6-4-5-7-15(14)17/h4-7,13H,3,8-12,18H2,1-2H3. The Bertz CT molecular complexity index is 423. The first-order valence-corrected chi connectivity index (χ1v) is 7.25.